The first-order valence-corrected chi connectivity index (χ1v) is 7.40. The fraction of sp³-hybridized carbons (Fsp3) is 0.312. The van der Waals surface area contributed by atoms with Gasteiger partial charge in [-0.2, -0.15) is 13.2 Å². The van der Waals surface area contributed by atoms with Gasteiger partial charge in [-0.05, 0) is 24.1 Å². The summed E-state index contributed by atoms with van der Waals surface area (Å²) in [6.07, 6.45) is -6.29. The highest BCUT2D eigenvalue weighted by Gasteiger charge is 2.38. The molecule has 0 N–H and O–H groups in total. The van der Waals surface area contributed by atoms with Gasteiger partial charge < -0.3 is 14.8 Å². The van der Waals surface area contributed by atoms with E-state index in [0.29, 0.717) is 5.56 Å². The number of halogens is 4. The Morgan fingerprint density at radius 3 is 2.48 bits per heavy atom. The molecule has 0 aliphatic carbocycles. The van der Waals surface area contributed by atoms with Crippen molar-refractivity contribution in [1.29, 1.82) is 0 Å². The molecule has 0 fully saturated rings. The summed E-state index contributed by atoms with van der Waals surface area (Å²) < 4.78 is 52.9. The third kappa shape index (κ3) is 3.70. The molecule has 0 unspecified atom stereocenters. The van der Waals surface area contributed by atoms with Crippen molar-refractivity contribution in [3.8, 4) is 0 Å². The van der Waals surface area contributed by atoms with Crippen molar-refractivity contribution < 1.29 is 27.5 Å². The van der Waals surface area contributed by atoms with E-state index in [-0.39, 0.29) is 43.0 Å². The number of aromatic nitrogens is 2. The van der Waals surface area contributed by atoms with Crippen LogP contribution in [0.25, 0.3) is 0 Å². The minimum absolute atomic E-state index is 0.0230. The summed E-state index contributed by atoms with van der Waals surface area (Å²) in [6.45, 7) is -0.376. The Bertz CT molecular complexity index is 806. The quantitative estimate of drug-likeness (QED) is 0.773. The van der Waals surface area contributed by atoms with Crippen molar-refractivity contribution >= 4 is 6.09 Å². The lowest BCUT2D eigenvalue weighted by atomic mass is 10.0. The summed E-state index contributed by atoms with van der Waals surface area (Å²) >= 11 is 0. The molecule has 9 heteroatoms. The number of benzene rings is 1. The molecule has 0 spiro atoms. The van der Waals surface area contributed by atoms with Gasteiger partial charge in [-0.25, -0.2) is 14.4 Å². The summed E-state index contributed by atoms with van der Waals surface area (Å²) in [7, 11) is 0. The first-order valence-electron chi connectivity index (χ1n) is 7.40. The van der Waals surface area contributed by atoms with Gasteiger partial charge in [-0.15, -0.1) is 0 Å². The molecular weight excluding hydrogens is 342 g/mol. The number of amides is 1. The summed E-state index contributed by atoms with van der Waals surface area (Å²) in [6, 6.07) is 5.24. The summed E-state index contributed by atoms with van der Waals surface area (Å²) in [5.41, 5.74) is -0.572. The number of nitrogens with zero attached hydrogens (tertiary/aromatic N) is 3. The number of fused-ring (bicyclic) bond motifs is 1. The second kappa shape index (κ2) is 6.30. The topological polar surface area (TPSA) is 69.2 Å². The molecule has 3 rings (SSSR count). The molecule has 0 radical (unpaired) electrons. The van der Waals surface area contributed by atoms with Gasteiger partial charge in [0, 0.05) is 18.5 Å². The normalized spacial score (nSPS) is 14.3. The minimum Gasteiger partial charge on any atom is -0.530 e. The maximum absolute atomic E-state index is 13.3. The highest BCUT2D eigenvalue weighted by molar-refractivity contribution is 5.63. The van der Waals surface area contributed by atoms with Crippen molar-refractivity contribution in [1.82, 2.24) is 14.9 Å². The van der Waals surface area contributed by atoms with Crippen molar-refractivity contribution in [2.45, 2.75) is 25.6 Å². The van der Waals surface area contributed by atoms with Gasteiger partial charge in [0.05, 0.1) is 12.2 Å². The zero-order valence-corrected chi connectivity index (χ0v) is 12.8. The van der Waals surface area contributed by atoms with E-state index in [1.54, 1.807) is 0 Å². The van der Waals surface area contributed by atoms with E-state index in [1.165, 1.54) is 24.3 Å². The Balaban J connectivity index is 2.00. The molecule has 5 nitrogen and oxygen atoms in total. The molecule has 0 atom stereocenters. The zero-order chi connectivity index (χ0) is 18.2. The Labute approximate surface area is 139 Å². The van der Waals surface area contributed by atoms with Crippen LogP contribution in [-0.4, -0.2) is 27.5 Å². The molecule has 1 aromatic heterocycles. The van der Waals surface area contributed by atoms with Crippen LogP contribution in [0.3, 0.4) is 0 Å². The van der Waals surface area contributed by atoms with Crippen LogP contribution >= 0.6 is 0 Å². The molecule has 0 saturated heterocycles. The van der Waals surface area contributed by atoms with Crippen molar-refractivity contribution in [3.63, 3.8) is 0 Å². The second-order valence-corrected chi connectivity index (χ2v) is 5.65. The first kappa shape index (κ1) is 17.1. The SMILES string of the molecule is O=C([O-])N1CCc2c(nc(Cc3ccc(F)cc3)nc2C(F)(F)F)C1. The van der Waals surface area contributed by atoms with Gasteiger partial charge in [0.1, 0.15) is 17.7 Å². The smallest absolute Gasteiger partial charge is 0.433 e. The Morgan fingerprint density at radius 2 is 1.88 bits per heavy atom. The summed E-state index contributed by atoms with van der Waals surface area (Å²) in [5, 5.41) is 11.0. The van der Waals surface area contributed by atoms with Crippen LogP contribution in [0.4, 0.5) is 22.4 Å². The van der Waals surface area contributed by atoms with Crippen LogP contribution in [0.15, 0.2) is 24.3 Å². The molecule has 0 saturated carbocycles. The van der Waals surface area contributed by atoms with Crippen molar-refractivity contribution in [2.75, 3.05) is 6.54 Å². The molecule has 132 valence electrons. The number of alkyl halides is 3. The van der Waals surface area contributed by atoms with Crippen LogP contribution in [0.1, 0.15) is 28.3 Å². The molecule has 25 heavy (non-hydrogen) atoms. The zero-order valence-electron chi connectivity index (χ0n) is 12.8. The third-order valence-corrected chi connectivity index (χ3v) is 3.91. The van der Waals surface area contributed by atoms with Gasteiger partial charge in [0.2, 0.25) is 0 Å². The van der Waals surface area contributed by atoms with E-state index >= 15 is 0 Å². The van der Waals surface area contributed by atoms with Crippen LogP contribution in [0, 0.1) is 5.82 Å². The molecule has 2 aromatic rings. The highest BCUT2D eigenvalue weighted by atomic mass is 19.4. The maximum atomic E-state index is 13.3. The van der Waals surface area contributed by atoms with Crippen LogP contribution < -0.4 is 5.11 Å². The Morgan fingerprint density at radius 1 is 1.20 bits per heavy atom. The highest BCUT2D eigenvalue weighted by Crippen LogP contribution is 2.34. The summed E-state index contributed by atoms with van der Waals surface area (Å²) in [4.78, 5) is 19.6. The molecule has 1 aromatic carbocycles. The minimum atomic E-state index is -4.67. The Hall–Kier alpha value is -2.71. The van der Waals surface area contributed by atoms with Crippen LogP contribution in [-0.2, 0) is 25.6 Å². The van der Waals surface area contributed by atoms with Gasteiger partial charge in [-0.3, -0.25) is 0 Å². The number of carbonyl (C=O) groups is 1. The predicted molar refractivity (Wildman–Crippen MR) is 75.8 cm³/mol. The van der Waals surface area contributed by atoms with Gasteiger partial charge >= 0.3 is 6.18 Å². The summed E-state index contributed by atoms with van der Waals surface area (Å²) in [5.74, 6) is -0.562. The average molecular weight is 354 g/mol. The van der Waals surface area contributed by atoms with Gasteiger partial charge in [0.25, 0.3) is 0 Å². The third-order valence-electron chi connectivity index (χ3n) is 3.91. The molecule has 0 bridgehead atoms. The van der Waals surface area contributed by atoms with Gasteiger partial charge in [-0.1, -0.05) is 12.1 Å². The molecular formula is C16H12F4N3O2-. The van der Waals surface area contributed by atoms with Crippen LogP contribution in [0.2, 0.25) is 0 Å². The Kier molecular flexibility index (Phi) is 4.32. The first-order chi connectivity index (χ1) is 11.7. The predicted octanol–water partition coefficient (Wildman–Crippen LogP) is 1.93. The van der Waals surface area contributed by atoms with E-state index in [2.05, 4.69) is 9.97 Å². The molecule has 2 heterocycles. The molecule has 1 aliphatic rings. The fourth-order valence-electron chi connectivity index (χ4n) is 2.74. The standard InChI is InChI=1S/C16H13F4N3O2/c17-10-3-1-9(2-4-10)7-13-21-12-8-23(15(24)25)6-5-11(12)14(22-13)16(18,19)20/h1-4H,5-8H2,(H,24,25)/p-1. The lowest BCUT2D eigenvalue weighted by Crippen LogP contribution is -2.44. The van der Waals surface area contributed by atoms with Crippen molar-refractivity contribution in [3.05, 3.63) is 58.4 Å². The van der Waals surface area contributed by atoms with E-state index in [0.717, 1.165) is 4.90 Å². The van der Waals surface area contributed by atoms with E-state index in [9.17, 15) is 27.5 Å². The van der Waals surface area contributed by atoms with E-state index < -0.39 is 23.8 Å². The van der Waals surface area contributed by atoms with Crippen LogP contribution in [0.5, 0.6) is 0 Å². The lowest BCUT2D eigenvalue weighted by Gasteiger charge is -2.31. The molecule has 1 amide bonds. The van der Waals surface area contributed by atoms with Crippen molar-refractivity contribution in [2.24, 2.45) is 0 Å². The number of carboxylic acid groups (broad SMARTS) is 1. The average Bonchev–Trinajstić information content (AvgIpc) is 2.54. The fourth-order valence-corrected chi connectivity index (χ4v) is 2.74. The number of carbonyl (C=O) groups excluding carboxylic acids is 1. The van der Waals surface area contributed by atoms with Gasteiger partial charge in [0.15, 0.2) is 5.69 Å². The lowest BCUT2D eigenvalue weighted by molar-refractivity contribution is -0.266. The number of hydrogen-bond acceptors (Lipinski definition) is 4. The second-order valence-electron chi connectivity index (χ2n) is 5.65. The van der Waals surface area contributed by atoms with E-state index in [4.69, 9.17) is 0 Å². The number of rotatable bonds is 2. The largest absolute Gasteiger partial charge is 0.530 e. The molecule has 1 aliphatic heterocycles. The van der Waals surface area contributed by atoms with E-state index in [1.807, 2.05) is 0 Å². The maximum Gasteiger partial charge on any atom is 0.433 e. The monoisotopic (exact) mass is 354 g/mol. The number of hydrogen-bond donors (Lipinski definition) is 0.